The lowest BCUT2D eigenvalue weighted by Crippen LogP contribution is -2.45. The molecule has 0 aromatic heterocycles. The van der Waals surface area contributed by atoms with Crippen molar-refractivity contribution >= 4 is 13.7 Å². The molecular formula is C55H111N2O6P. The number of aliphatic hydroxyl groups excluding tert-OH is 1. The zero-order chi connectivity index (χ0) is 47.1. The average molecular weight is 927 g/mol. The molecule has 0 spiro atoms. The number of aliphatic hydroxyl groups is 1. The van der Waals surface area contributed by atoms with E-state index in [4.69, 9.17) is 9.05 Å². The van der Waals surface area contributed by atoms with E-state index >= 15 is 0 Å². The lowest BCUT2D eigenvalue weighted by Gasteiger charge is -2.29. The van der Waals surface area contributed by atoms with Crippen LogP contribution in [0.3, 0.4) is 0 Å². The largest absolute Gasteiger partial charge is 0.756 e. The number of quaternary nitrogens is 1. The van der Waals surface area contributed by atoms with Gasteiger partial charge in [0.1, 0.15) is 13.2 Å². The number of hydrogen-bond acceptors (Lipinski definition) is 6. The number of phosphoric acid groups is 1. The third-order valence-corrected chi connectivity index (χ3v) is 14.0. The van der Waals surface area contributed by atoms with E-state index in [1.54, 1.807) is 6.08 Å². The molecule has 9 heteroatoms. The molecule has 0 aliphatic carbocycles. The predicted molar refractivity (Wildman–Crippen MR) is 275 cm³/mol. The molecule has 8 nitrogen and oxygen atoms in total. The Bertz CT molecular complexity index is 1050. The molecule has 0 rings (SSSR count). The molecule has 0 radical (unpaired) electrons. The maximum atomic E-state index is 12.9. The second kappa shape index (κ2) is 47.3. The van der Waals surface area contributed by atoms with Gasteiger partial charge in [0, 0.05) is 6.42 Å². The Balaban J connectivity index is 4.16. The Morgan fingerprint density at radius 2 is 0.844 bits per heavy atom. The zero-order valence-electron chi connectivity index (χ0n) is 43.5. The first-order valence-corrected chi connectivity index (χ1v) is 29.5. The van der Waals surface area contributed by atoms with Crippen LogP contribution in [0.2, 0.25) is 0 Å². The van der Waals surface area contributed by atoms with E-state index in [1.807, 2.05) is 27.2 Å². The molecule has 0 heterocycles. The second-order valence-electron chi connectivity index (χ2n) is 20.7. The highest BCUT2D eigenvalue weighted by molar-refractivity contribution is 7.45. The van der Waals surface area contributed by atoms with Crippen molar-refractivity contribution in [2.75, 3.05) is 40.9 Å². The van der Waals surface area contributed by atoms with Gasteiger partial charge in [0.15, 0.2) is 0 Å². The Hall–Kier alpha value is -0.760. The van der Waals surface area contributed by atoms with E-state index in [0.29, 0.717) is 17.4 Å². The smallest absolute Gasteiger partial charge is 0.268 e. The van der Waals surface area contributed by atoms with Gasteiger partial charge in [-0.05, 0) is 19.3 Å². The molecule has 0 fully saturated rings. The fraction of sp³-hybridized carbons (Fsp3) is 0.945. The summed E-state index contributed by atoms with van der Waals surface area (Å²) in [6.07, 6.45) is 57.1. The minimum Gasteiger partial charge on any atom is -0.756 e. The van der Waals surface area contributed by atoms with Crippen LogP contribution in [0.1, 0.15) is 284 Å². The molecule has 0 aliphatic rings. The molecule has 3 atom stereocenters. The lowest BCUT2D eigenvalue weighted by atomic mass is 10.0. The van der Waals surface area contributed by atoms with Gasteiger partial charge in [-0.3, -0.25) is 9.36 Å². The number of allylic oxidation sites excluding steroid dienone is 1. The highest BCUT2D eigenvalue weighted by atomic mass is 31.2. The van der Waals surface area contributed by atoms with E-state index in [0.717, 1.165) is 38.5 Å². The summed E-state index contributed by atoms with van der Waals surface area (Å²) >= 11 is 0. The summed E-state index contributed by atoms with van der Waals surface area (Å²) in [5.41, 5.74) is 0. The molecule has 0 saturated carbocycles. The van der Waals surface area contributed by atoms with Crippen LogP contribution in [0.25, 0.3) is 0 Å². The van der Waals surface area contributed by atoms with Crippen LogP contribution < -0.4 is 10.2 Å². The van der Waals surface area contributed by atoms with Crippen LogP contribution in [0.4, 0.5) is 0 Å². The first-order valence-electron chi connectivity index (χ1n) is 28.1. The van der Waals surface area contributed by atoms with Crippen molar-refractivity contribution in [1.29, 1.82) is 0 Å². The summed E-state index contributed by atoms with van der Waals surface area (Å²) in [5.74, 6) is -0.191. The molecule has 2 N–H and O–H groups in total. The number of nitrogens with one attached hydrogen (secondary N) is 1. The summed E-state index contributed by atoms with van der Waals surface area (Å²) in [7, 11) is 1.28. The number of nitrogens with zero attached hydrogens (tertiary/aromatic N) is 1. The number of amides is 1. The molecule has 3 unspecified atom stereocenters. The number of carbonyl (C=O) groups is 1. The molecule has 64 heavy (non-hydrogen) atoms. The second-order valence-corrected chi connectivity index (χ2v) is 22.1. The van der Waals surface area contributed by atoms with Crippen molar-refractivity contribution < 1.29 is 32.9 Å². The molecular weight excluding hydrogens is 816 g/mol. The Labute approximate surface area is 399 Å². The van der Waals surface area contributed by atoms with Gasteiger partial charge in [-0.2, -0.15) is 0 Å². The van der Waals surface area contributed by atoms with Crippen LogP contribution in [0.15, 0.2) is 12.2 Å². The Morgan fingerprint density at radius 3 is 1.17 bits per heavy atom. The third kappa shape index (κ3) is 49.2. The maximum Gasteiger partial charge on any atom is 0.268 e. The standard InChI is InChI=1S/C55H111N2O6P/c1-6-8-10-12-14-16-18-20-22-24-25-26-27-28-29-30-31-33-35-37-39-41-43-45-47-49-55(59)56-53(52-63-64(60,61)62-51-50-57(3,4)5)54(58)48-46-44-42-40-38-36-34-32-23-21-19-17-15-13-11-9-7-2/h46,48,53-54,58H,6-45,47,49-52H2,1-5H3,(H-,56,59,60,61)/b48-46+. The number of likely N-dealkylation sites (N-methyl/N-ethyl adjacent to an activating group) is 1. The molecule has 0 bridgehead atoms. The van der Waals surface area contributed by atoms with Gasteiger partial charge in [-0.15, -0.1) is 0 Å². The van der Waals surface area contributed by atoms with Gasteiger partial charge in [-0.25, -0.2) is 0 Å². The fourth-order valence-electron chi connectivity index (χ4n) is 8.57. The first kappa shape index (κ1) is 63.2. The van der Waals surface area contributed by atoms with Crippen LogP contribution in [0.5, 0.6) is 0 Å². The average Bonchev–Trinajstić information content (AvgIpc) is 3.25. The number of hydrogen-bond donors (Lipinski definition) is 2. The van der Waals surface area contributed by atoms with Gasteiger partial charge in [0.05, 0.1) is 39.9 Å². The number of unbranched alkanes of at least 4 members (excludes halogenated alkanes) is 39. The summed E-state index contributed by atoms with van der Waals surface area (Å²) < 4.78 is 23.3. The van der Waals surface area contributed by atoms with E-state index in [2.05, 4.69) is 19.2 Å². The van der Waals surface area contributed by atoms with Crippen molar-refractivity contribution in [1.82, 2.24) is 5.32 Å². The quantitative estimate of drug-likeness (QED) is 0.0272. The lowest BCUT2D eigenvalue weighted by molar-refractivity contribution is -0.870. The predicted octanol–water partition coefficient (Wildman–Crippen LogP) is 16.0. The topological polar surface area (TPSA) is 108 Å². The van der Waals surface area contributed by atoms with Gasteiger partial charge >= 0.3 is 0 Å². The summed E-state index contributed by atoms with van der Waals surface area (Å²) in [4.78, 5) is 25.5. The molecule has 382 valence electrons. The minimum atomic E-state index is -4.59. The SMILES string of the molecule is CCCCCCCCCCCCCCCCC/C=C/C(O)C(COP(=O)([O-])OCC[N+](C)(C)C)NC(=O)CCCCCCCCCCCCCCCCCCCCCCCCCCC. The van der Waals surface area contributed by atoms with Gasteiger partial charge in [0.25, 0.3) is 7.82 Å². The molecule has 1 amide bonds. The zero-order valence-corrected chi connectivity index (χ0v) is 44.4. The normalized spacial score (nSPS) is 14.0. The Kier molecular flexibility index (Phi) is 46.8. The maximum absolute atomic E-state index is 12.9. The van der Waals surface area contributed by atoms with Gasteiger partial charge in [-0.1, -0.05) is 270 Å². The number of carbonyl (C=O) groups excluding carboxylic acids is 1. The van der Waals surface area contributed by atoms with Crippen molar-refractivity contribution in [2.45, 2.75) is 296 Å². The van der Waals surface area contributed by atoms with Crippen molar-refractivity contribution in [3.63, 3.8) is 0 Å². The number of rotatable bonds is 52. The highest BCUT2D eigenvalue weighted by Gasteiger charge is 2.23. The van der Waals surface area contributed by atoms with Crippen LogP contribution >= 0.6 is 7.82 Å². The third-order valence-electron chi connectivity index (χ3n) is 13.0. The number of phosphoric ester groups is 1. The highest BCUT2D eigenvalue weighted by Crippen LogP contribution is 2.38. The fourth-order valence-corrected chi connectivity index (χ4v) is 9.29. The Morgan fingerprint density at radius 1 is 0.531 bits per heavy atom. The van der Waals surface area contributed by atoms with Crippen molar-refractivity contribution in [3.8, 4) is 0 Å². The van der Waals surface area contributed by atoms with E-state index in [9.17, 15) is 19.4 Å². The molecule has 0 aromatic carbocycles. The monoisotopic (exact) mass is 927 g/mol. The summed E-state index contributed by atoms with van der Waals surface area (Å²) in [6.45, 7) is 4.69. The summed E-state index contributed by atoms with van der Waals surface area (Å²) in [5, 5.41) is 13.9. The van der Waals surface area contributed by atoms with Crippen LogP contribution in [-0.2, 0) is 18.4 Å². The van der Waals surface area contributed by atoms with E-state index in [1.165, 1.54) is 225 Å². The van der Waals surface area contributed by atoms with Crippen LogP contribution in [-0.4, -0.2) is 68.5 Å². The van der Waals surface area contributed by atoms with Crippen molar-refractivity contribution in [2.24, 2.45) is 0 Å². The molecule has 0 aromatic rings. The minimum absolute atomic E-state index is 0.00258. The first-order chi connectivity index (χ1) is 31.0. The summed E-state index contributed by atoms with van der Waals surface area (Å²) in [6, 6.07) is -0.881. The van der Waals surface area contributed by atoms with E-state index < -0.39 is 20.0 Å². The van der Waals surface area contributed by atoms with Gasteiger partial charge in [0.2, 0.25) is 5.91 Å². The molecule has 0 saturated heterocycles. The van der Waals surface area contributed by atoms with E-state index in [-0.39, 0.29) is 19.1 Å². The van der Waals surface area contributed by atoms with Crippen molar-refractivity contribution in [3.05, 3.63) is 12.2 Å². The molecule has 0 aliphatic heterocycles. The van der Waals surface area contributed by atoms with Crippen LogP contribution in [0, 0.1) is 0 Å². The van der Waals surface area contributed by atoms with Gasteiger partial charge < -0.3 is 28.8 Å².